The number of H-pyrrole nitrogens is 2. The number of aliphatic hydroxyl groups is 3. The van der Waals surface area contributed by atoms with E-state index in [-0.39, 0.29) is 61.5 Å². The number of nitrogens with two attached hydrogens (primary N) is 4. The molecule has 15 atom stereocenters. The van der Waals surface area contributed by atoms with Crippen molar-refractivity contribution in [1.29, 1.82) is 10.8 Å². The maximum absolute atomic E-state index is 14.6. The predicted octanol–water partition coefficient (Wildman–Crippen LogP) is -13.7. The van der Waals surface area contributed by atoms with Crippen LogP contribution >= 0.6 is 25.3 Å². The van der Waals surface area contributed by atoms with Gasteiger partial charge in [0, 0.05) is 49.0 Å². The molecule has 2 aromatic heterocycles. The van der Waals surface area contributed by atoms with Gasteiger partial charge in [-0.25, -0.2) is 4.98 Å². The number of primary amides is 1. The number of rotatable bonds is 26. The summed E-state index contributed by atoms with van der Waals surface area (Å²) in [5, 5.41) is 104. The number of amides is 16. The van der Waals surface area contributed by atoms with Crippen molar-refractivity contribution in [2.45, 2.75) is 166 Å². The van der Waals surface area contributed by atoms with Gasteiger partial charge in [-0.2, -0.15) is 0 Å². The van der Waals surface area contributed by atoms with E-state index >= 15 is 0 Å². The van der Waals surface area contributed by atoms with E-state index in [1.165, 1.54) is 25.6 Å². The van der Waals surface area contributed by atoms with Crippen molar-refractivity contribution in [3.63, 3.8) is 0 Å². The molecule has 33 N–H and O–H groups in total. The fourth-order valence-electron chi connectivity index (χ4n) is 11.0. The molecule has 0 saturated carbocycles. The minimum atomic E-state index is -2.12. The van der Waals surface area contributed by atoms with E-state index in [2.05, 4.69) is 125 Å². The van der Waals surface area contributed by atoms with E-state index in [1.54, 1.807) is 24.3 Å². The third-order valence-electron chi connectivity index (χ3n) is 17.4. The molecular weight excluding hydrogens is 1760 g/mol. The first-order chi connectivity index (χ1) is 56.7. The van der Waals surface area contributed by atoms with E-state index < -0.39 is 292 Å². The first kappa shape index (κ1) is 101. The zero-order valence-corrected chi connectivity index (χ0v) is 70.1. The summed E-state index contributed by atoms with van der Waals surface area (Å²) in [5.41, 5.74) is 23.4. The normalized spacial score (nSPS) is 24.1. The van der Waals surface area contributed by atoms with Gasteiger partial charge in [0.25, 0.3) is 0 Å². The average Bonchev–Trinajstić information content (AvgIpc) is 1.69. The van der Waals surface area contributed by atoms with Crippen LogP contribution in [-0.2, 0) is 99.1 Å². The van der Waals surface area contributed by atoms with E-state index in [1.807, 2.05) is 0 Å². The Kier molecular flexibility index (Phi) is 43.0. The molecule has 0 unspecified atom stereocenters. The SMILES string of the molecule is C[C@H](N)C(=O)N[C@H]1C[Se][Se]C[C@@H](C(=O)N[C@@H](CS)C(=O)O)NC(=O)[C@H](CCCNC(=N)N)NC(=O)[C@H](CO)NC(=O)[C@H](Cc2cnc[nH]2)NC(=O)[C@H](CC(=O)O)NC(=O)[C@H](CCCNC(=N)N)NC(=O)[C@H](C)NC(=O)[C@H](Cc2c[nH]c3ccccc23)NC(=O)CN(C)C(=O)[C@H](CO)NC(=O)[C@H](CO)NC(=O)[C@H](CS)NC(=O)[C@H](CC(N)=O)NC1=O. The van der Waals surface area contributed by atoms with Crippen LogP contribution < -0.4 is 108 Å². The number of hydrogen-bond acceptors (Lipinski definition) is 27. The molecule has 4 rings (SSSR count). The first-order valence-electron chi connectivity index (χ1n) is 36.7. The van der Waals surface area contributed by atoms with Gasteiger partial charge in [-0.05, 0) is 31.4 Å². The third kappa shape index (κ3) is 34.1. The van der Waals surface area contributed by atoms with Gasteiger partial charge in [-0.1, -0.05) is 18.2 Å². The molecule has 662 valence electrons. The number of guanidine groups is 2. The average molecular weight is 1860 g/mol. The number of hydrogen-bond donors (Lipinski definition) is 31. The Morgan fingerprint density at radius 3 is 1.60 bits per heavy atom. The quantitative estimate of drug-likeness (QED) is 0.0117. The van der Waals surface area contributed by atoms with Gasteiger partial charge < -0.3 is 67.8 Å². The van der Waals surface area contributed by atoms with Gasteiger partial charge in [-0.3, -0.25) is 43.8 Å². The summed E-state index contributed by atoms with van der Waals surface area (Å²) >= 11 is 6.35. The Bertz CT molecular complexity index is 4150. The summed E-state index contributed by atoms with van der Waals surface area (Å²) in [6.45, 7) is -2.38. The van der Waals surface area contributed by atoms with Crippen LogP contribution in [0.4, 0.5) is 0 Å². The number of para-hydroxylation sites is 1. The van der Waals surface area contributed by atoms with Crippen LogP contribution in [0.25, 0.3) is 10.9 Å². The fourth-order valence-corrected chi connectivity index (χ4v) is 18.5. The summed E-state index contributed by atoms with van der Waals surface area (Å²) in [6, 6.07) is -19.9. The van der Waals surface area contributed by atoms with Crippen LogP contribution in [-0.4, -0.2) is 339 Å². The Labute approximate surface area is 706 Å². The number of aromatic amines is 2. The number of nitrogens with one attached hydrogen (secondary N) is 20. The Hall–Kier alpha value is -11.5. The van der Waals surface area contributed by atoms with Crippen LogP contribution in [0.3, 0.4) is 0 Å². The molecule has 0 bridgehead atoms. The molecule has 0 aliphatic carbocycles. The number of carboxylic acids is 2. The summed E-state index contributed by atoms with van der Waals surface area (Å²) in [6.07, 6.45) is -0.0718. The summed E-state index contributed by atoms with van der Waals surface area (Å²) in [7, 11) is 1.06. The number of aliphatic carboxylic acids is 2. The topological polar surface area (TPSA) is 800 Å². The number of carbonyl (C=O) groups is 18. The molecule has 49 nitrogen and oxygen atoms in total. The van der Waals surface area contributed by atoms with Crippen LogP contribution in [0, 0.1) is 10.8 Å². The molecule has 0 spiro atoms. The van der Waals surface area contributed by atoms with E-state index in [0.29, 0.717) is 21.4 Å². The van der Waals surface area contributed by atoms with E-state index in [4.69, 9.17) is 33.8 Å². The third-order valence-corrected chi connectivity index (χ3v) is 25.3. The van der Waals surface area contributed by atoms with Gasteiger partial charge in [0.05, 0.1) is 25.9 Å². The number of fused-ring (bicyclic) bond motifs is 1. The second-order valence-corrected chi connectivity index (χ2v) is 35.2. The number of nitrogens with zero attached hydrogens (tertiary/aromatic N) is 2. The summed E-state index contributed by atoms with van der Waals surface area (Å²) in [4.78, 5) is 260. The van der Waals surface area contributed by atoms with E-state index in [9.17, 15) is 112 Å². The molecular formula is C67H102N26O23S2Se2. The molecule has 120 heavy (non-hydrogen) atoms. The molecule has 1 saturated heterocycles. The molecule has 53 heteroatoms. The zero-order valence-electron chi connectivity index (χ0n) is 64.9. The van der Waals surface area contributed by atoms with E-state index in [0.717, 1.165) is 14.0 Å². The zero-order chi connectivity index (χ0) is 89.6. The van der Waals surface area contributed by atoms with Gasteiger partial charge in [0.2, 0.25) is 35.4 Å². The van der Waals surface area contributed by atoms with Gasteiger partial charge in [0.1, 0.15) is 30.2 Å². The van der Waals surface area contributed by atoms with Crippen LogP contribution in [0.1, 0.15) is 63.6 Å². The second kappa shape index (κ2) is 51.1. The molecule has 0 radical (unpaired) electrons. The Morgan fingerprint density at radius 2 is 1.07 bits per heavy atom. The number of carboxylic acid groups (broad SMARTS) is 2. The number of carbonyl (C=O) groups excluding carboxylic acids is 16. The van der Waals surface area contributed by atoms with Crippen molar-refractivity contribution in [3.8, 4) is 0 Å². The molecule has 16 amide bonds. The molecule has 1 aliphatic heterocycles. The van der Waals surface area contributed by atoms with Crippen molar-refractivity contribution in [2.75, 3.05) is 58.0 Å². The first-order valence-corrected chi connectivity index (χ1v) is 44.7. The van der Waals surface area contributed by atoms with Crippen LogP contribution in [0.2, 0.25) is 10.6 Å². The maximum atomic E-state index is 14.6. The molecule has 1 fully saturated rings. The number of thiol groups is 2. The second-order valence-electron chi connectivity index (χ2n) is 27.0. The number of aliphatic hydroxyl groups excluding tert-OH is 3. The van der Waals surface area contributed by atoms with Gasteiger partial charge >= 0.3 is 397 Å². The Morgan fingerprint density at radius 1 is 0.592 bits per heavy atom. The number of aromatic nitrogens is 3. The predicted molar refractivity (Wildman–Crippen MR) is 430 cm³/mol. The van der Waals surface area contributed by atoms with Crippen molar-refractivity contribution in [2.24, 2.45) is 22.9 Å². The van der Waals surface area contributed by atoms with Gasteiger partial charge in [-0.15, -0.1) is 0 Å². The number of benzene rings is 1. The fraction of sp³-hybridized carbons (Fsp3) is 0.537. The monoisotopic (exact) mass is 1860 g/mol. The standard InChI is InChI=1S/C67H102N26O23S2Se2/c1-29(68)51(101)91-46-26-119-120-27-47(63(113)90-45(25-118)65(115)116)92-54(104)36(11-7-13-76-67(72)73)82-59(109)41(21-94)86-56(106)38(15-32-19-74-28-78-32)83-58(108)40(17-50(99)100)85-53(103)35(10-6-12-75-66(70)71)81-52(102)30(2)79-55(105)37(14-31-18-77-34-9-5-4-8-33(31)34)80-49(98)20-93(3)64(114)43(23-96)88-60(110)42(22-95)87-61(111)44(24-117)89-57(107)39(16-48(69)97)84-62(46)112/h4-5,8-9,18-19,28-30,35-47,77,94-96,117-118H,6-7,10-17,20-27,68H2,1-3H3,(H2,69,97)(H,74,78)(H,79,105)(H,80,98)(H,81,102)(H,82,109)(H,83,108)(H,84,112)(H,85,103)(H,86,106)(H,87,111)(H,88,110)(H,89,107)(H,90,113)(H,91,101)(H,92,104)(H,99,100)(H,115,116)(H4,70,71,75)(H4,72,73,76)/t29-,30-,35-,36-,37-,38-,39-,40-,41-,42-,43-,44-,45-,46-,47-/m0/s1. The van der Waals surface area contributed by atoms with Crippen molar-refractivity contribution >= 4 is 181 Å². The number of likely N-dealkylation sites (N-methyl/N-ethyl adjacent to an activating group) is 1. The molecule has 3 aromatic rings. The minimum absolute atomic E-state index is 0.0818. The van der Waals surface area contributed by atoms with Crippen LogP contribution in [0.5, 0.6) is 0 Å². The summed E-state index contributed by atoms with van der Waals surface area (Å²) < 4.78 is 0. The van der Waals surface area contributed by atoms with Crippen molar-refractivity contribution in [3.05, 3.63) is 54.2 Å². The number of imidazole rings is 1. The van der Waals surface area contributed by atoms with Gasteiger partial charge in [0.15, 0.2) is 5.96 Å². The van der Waals surface area contributed by atoms with Crippen molar-refractivity contribution < 1.29 is 112 Å². The Balaban J connectivity index is 1.87. The van der Waals surface area contributed by atoms with Crippen molar-refractivity contribution in [1.82, 2.24) is 105 Å². The van der Waals surface area contributed by atoms with Crippen LogP contribution in [0.15, 0.2) is 43.0 Å². The molecule has 1 aliphatic rings. The molecule has 1 aromatic carbocycles. The molecule has 3 heterocycles. The summed E-state index contributed by atoms with van der Waals surface area (Å²) in [5.74, 6) is -24.4.